The van der Waals surface area contributed by atoms with Gasteiger partial charge in [0.1, 0.15) is 12.6 Å². The second-order valence-corrected chi connectivity index (χ2v) is 6.72. The van der Waals surface area contributed by atoms with Crippen molar-refractivity contribution in [1.29, 1.82) is 0 Å². The van der Waals surface area contributed by atoms with Gasteiger partial charge in [0.15, 0.2) is 0 Å². The Morgan fingerprint density at radius 1 is 1.32 bits per heavy atom. The number of aromatic nitrogens is 3. The van der Waals surface area contributed by atoms with Crippen LogP contribution in [0.25, 0.3) is 10.9 Å². The first-order valence-corrected chi connectivity index (χ1v) is 8.87. The quantitative estimate of drug-likeness (QED) is 0.709. The summed E-state index contributed by atoms with van der Waals surface area (Å²) in [4.78, 5) is 35.1. The maximum absolute atomic E-state index is 12.5. The minimum Gasteiger partial charge on any atom is -0.465 e. The Morgan fingerprint density at radius 3 is 3.04 bits per heavy atom. The molecule has 25 heavy (non-hydrogen) atoms. The molecule has 4 rings (SSSR count). The fourth-order valence-corrected chi connectivity index (χ4v) is 3.48. The molecule has 7 nitrogen and oxygen atoms in total. The van der Waals surface area contributed by atoms with Crippen LogP contribution in [0.5, 0.6) is 5.19 Å². The Bertz CT molecular complexity index is 954. The van der Waals surface area contributed by atoms with Crippen molar-refractivity contribution in [3.8, 4) is 5.19 Å². The number of hydrogen-bond donors (Lipinski definition) is 0. The van der Waals surface area contributed by atoms with Gasteiger partial charge in [0.25, 0.3) is 10.8 Å². The van der Waals surface area contributed by atoms with Crippen molar-refractivity contribution < 1.29 is 9.53 Å². The third-order valence-corrected chi connectivity index (χ3v) is 4.87. The van der Waals surface area contributed by atoms with Gasteiger partial charge in [0.2, 0.25) is 5.91 Å². The lowest BCUT2D eigenvalue weighted by Gasteiger charge is -2.17. The summed E-state index contributed by atoms with van der Waals surface area (Å²) in [6, 6.07) is 7.12. The van der Waals surface area contributed by atoms with E-state index >= 15 is 0 Å². The molecule has 3 aromatic rings. The number of ether oxygens (including phenoxy) is 1. The molecule has 1 saturated heterocycles. The molecule has 1 amide bonds. The molecule has 0 bridgehead atoms. The molecule has 1 fully saturated rings. The highest BCUT2D eigenvalue weighted by Gasteiger charge is 2.28. The minimum atomic E-state index is -0.200. The van der Waals surface area contributed by atoms with Crippen molar-refractivity contribution in [3.63, 3.8) is 0 Å². The largest absolute Gasteiger partial charge is 0.465 e. The summed E-state index contributed by atoms with van der Waals surface area (Å²) >= 11 is 1.43. The Morgan fingerprint density at radius 2 is 2.20 bits per heavy atom. The predicted molar refractivity (Wildman–Crippen MR) is 93.7 cm³/mol. The molecule has 1 unspecified atom stereocenters. The maximum Gasteiger partial charge on any atom is 0.273 e. The van der Waals surface area contributed by atoms with Gasteiger partial charge in [-0.2, -0.15) is 0 Å². The number of amides is 1. The molecule has 0 aliphatic carbocycles. The second-order valence-electron chi connectivity index (χ2n) is 5.86. The molecule has 8 heteroatoms. The Balaban J connectivity index is 1.44. The molecule has 1 aromatic carbocycles. The van der Waals surface area contributed by atoms with Crippen LogP contribution in [-0.4, -0.2) is 44.5 Å². The van der Waals surface area contributed by atoms with Crippen molar-refractivity contribution in [2.24, 2.45) is 0 Å². The van der Waals surface area contributed by atoms with Crippen LogP contribution in [-0.2, 0) is 11.3 Å². The molecular weight excluding hydrogens is 340 g/mol. The van der Waals surface area contributed by atoms with Crippen LogP contribution in [0.15, 0.2) is 47.0 Å². The van der Waals surface area contributed by atoms with Crippen LogP contribution < -0.4 is 10.3 Å². The van der Waals surface area contributed by atoms with Gasteiger partial charge >= 0.3 is 0 Å². The fourth-order valence-electron chi connectivity index (χ4n) is 2.93. The van der Waals surface area contributed by atoms with E-state index in [1.54, 1.807) is 29.3 Å². The number of likely N-dealkylation sites (tertiary alicyclic amines) is 1. The van der Waals surface area contributed by atoms with Crippen LogP contribution in [0.2, 0.25) is 0 Å². The van der Waals surface area contributed by atoms with Crippen molar-refractivity contribution in [2.45, 2.75) is 19.1 Å². The molecule has 0 spiro atoms. The first-order chi connectivity index (χ1) is 12.2. The number of rotatable bonds is 4. The highest BCUT2D eigenvalue weighted by Crippen LogP contribution is 2.20. The van der Waals surface area contributed by atoms with E-state index in [0.29, 0.717) is 29.2 Å². The minimum absolute atomic E-state index is 0.0133. The van der Waals surface area contributed by atoms with Gasteiger partial charge in [0, 0.05) is 24.5 Å². The lowest BCUT2D eigenvalue weighted by Crippen LogP contribution is -2.36. The molecule has 2 aromatic heterocycles. The van der Waals surface area contributed by atoms with Crippen molar-refractivity contribution in [2.75, 3.05) is 13.1 Å². The number of para-hydroxylation sites is 1. The molecule has 128 valence electrons. The third kappa shape index (κ3) is 3.25. The van der Waals surface area contributed by atoms with E-state index in [1.165, 1.54) is 22.2 Å². The number of thiazole rings is 1. The summed E-state index contributed by atoms with van der Waals surface area (Å²) in [5.74, 6) is -0.107. The Kier molecular flexibility index (Phi) is 4.19. The van der Waals surface area contributed by atoms with Gasteiger partial charge in [-0.3, -0.25) is 14.2 Å². The lowest BCUT2D eigenvalue weighted by atomic mass is 10.2. The number of benzene rings is 1. The lowest BCUT2D eigenvalue weighted by molar-refractivity contribution is -0.131. The molecule has 1 aliphatic heterocycles. The van der Waals surface area contributed by atoms with E-state index in [4.69, 9.17) is 4.74 Å². The van der Waals surface area contributed by atoms with Gasteiger partial charge < -0.3 is 9.64 Å². The van der Waals surface area contributed by atoms with Crippen LogP contribution in [0, 0.1) is 0 Å². The van der Waals surface area contributed by atoms with Gasteiger partial charge in [-0.15, -0.1) is 0 Å². The van der Waals surface area contributed by atoms with Gasteiger partial charge in [0.05, 0.1) is 23.8 Å². The zero-order valence-electron chi connectivity index (χ0n) is 13.4. The predicted octanol–water partition coefficient (Wildman–Crippen LogP) is 1.53. The molecule has 0 radical (unpaired) electrons. The smallest absolute Gasteiger partial charge is 0.273 e. The summed E-state index contributed by atoms with van der Waals surface area (Å²) in [6.07, 6.45) is 3.83. The van der Waals surface area contributed by atoms with Gasteiger partial charge in [-0.1, -0.05) is 23.5 Å². The van der Waals surface area contributed by atoms with Crippen molar-refractivity contribution >= 4 is 28.1 Å². The summed E-state index contributed by atoms with van der Waals surface area (Å²) < 4.78 is 7.12. The Hall–Kier alpha value is -2.74. The van der Waals surface area contributed by atoms with E-state index in [9.17, 15) is 9.59 Å². The van der Waals surface area contributed by atoms with E-state index < -0.39 is 0 Å². The van der Waals surface area contributed by atoms with Crippen molar-refractivity contribution in [1.82, 2.24) is 19.4 Å². The van der Waals surface area contributed by atoms with E-state index in [2.05, 4.69) is 9.97 Å². The molecule has 0 saturated carbocycles. The van der Waals surface area contributed by atoms with E-state index in [-0.39, 0.29) is 24.1 Å². The van der Waals surface area contributed by atoms with Gasteiger partial charge in [-0.05, 0) is 12.1 Å². The highest BCUT2D eigenvalue weighted by molar-refractivity contribution is 7.11. The van der Waals surface area contributed by atoms with E-state index in [0.717, 1.165) is 6.42 Å². The maximum atomic E-state index is 12.5. The number of fused-ring (bicyclic) bond motifs is 1. The molecule has 0 N–H and O–H groups in total. The first-order valence-electron chi connectivity index (χ1n) is 7.99. The average molecular weight is 356 g/mol. The molecule has 1 aliphatic rings. The molecule has 3 heterocycles. The monoisotopic (exact) mass is 356 g/mol. The van der Waals surface area contributed by atoms with Crippen LogP contribution in [0.1, 0.15) is 6.42 Å². The number of carbonyl (C=O) groups excluding carboxylic acids is 1. The van der Waals surface area contributed by atoms with Crippen molar-refractivity contribution in [3.05, 3.63) is 52.5 Å². The number of carbonyl (C=O) groups is 1. The fraction of sp³-hybridized carbons (Fsp3) is 0.294. The zero-order valence-corrected chi connectivity index (χ0v) is 14.2. The summed E-state index contributed by atoms with van der Waals surface area (Å²) in [7, 11) is 0. The topological polar surface area (TPSA) is 77.3 Å². The zero-order chi connectivity index (χ0) is 17.2. The number of nitrogens with zero attached hydrogens (tertiary/aromatic N) is 4. The van der Waals surface area contributed by atoms with Crippen LogP contribution in [0.3, 0.4) is 0 Å². The summed E-state index contributed by atoms with van der Waals surface area (Å²) in [5, 5.41) is 2.99. The first kappa shape index (κ1) is 15.8. The average Bonchev–Trinajstić information content (AvgIpc) is 3.30. The normalized spacial score (nSPS) is 17.1. The van der Waals surface area contributed by atoms with Gasteiger partial charge in [-0.25, -0.2) is 9.97 Å². The molecular formula is C17H16N4O3S. The molecule has 1 atom stereocenters. The standard InChI is InChI=1S/C17H16N4O3S/c22-15(20-7-5-12(9-20)24-17-18-6-8-25-17)10-21-11-19-14-4-2-1-3-13(14)16(21)23/h1-4,6,8,11-12H,5,7,9-10H2. The third-order valence-electron chi connectivity index (χ3n) is 4.21. The van der Waals surface area contributed by atoms with Crippen LogP contribution >= 0.6 is 11.3 Å². The SMILES string of the molecule is O=C(Cn1cnc2ccccc2c1=O)N1CCC(Oc2nccs2)C1. The number of hydrogen-bond acceptors (Lipinski definition) is 6. The summed E-state index contributed by atoms with van der Waals surface area (Å²) in [6.45, 7) is 1.11. The highest BCUT2D eigenvalue weighted by atomic mass is 32.1. The Labute approximate surface area is 147 Å². The summed E-state index contributed by atoms with van der Waals surface area (Å²) in [5.41, 5.74) is 0.433. The second kappa shape index (κ2) is 6.64. The van der Waals surface area contributed by atoms with Crippen LogP contribution in [0.4, 0.5) is 0 Å². The van der Waals surface area contributed by atoms with E-state index in [1.807, 2.05) is 11.4 Å².